The zero-order chi connectivity index (χ0) is 13.7. The van der Waals surface area contributed by atoms with E-state index in [1.165, 1.54) is 21.4 Å². The summed E-state index contributed by atoms with van der Waals surface area (Å²) in [5, 5.41) is 4.01. The molecule has 1 aliphatic rings. The van der Waals surface area contributed by atoms with Gasteiger partial charge in [0.15, 0.2) is 0 Å². The standard InChI is InChI=1S/C15H22BrNOS/c1-3-7-17-10-12-4-5-15(13(16)9-12)19-14-6-8-18-11(14)2/h4-5,9,11,14,17H,3,6-8,10H2,1-2H3. The van der Waals surface area contributed by atoms with Crippen molar-refractivity contribution in [2.75, 3.05) is 13.2 Å². The van der Waals surface area contributed by atoms with E-state index in [2.05, 4.69) is 53.3 Å². The molecule has 0 saturated carbocycles. The maximum atomic E-state index is 5.62. The summed E-state index contributed by atoms with van der Waals surface area (Å²) in [4.78, 5) is 1.32. The summed E-state index contributed by atoms with van der Waals surface area (Å²) in [5.41, 5.74) is 1.33. The van der Waals surface area contributed by atoms with Crippen molar-refractivity contribution < 1.29 is 4.74 Å². The van der Waals surface area contributed by atoms with Crippen molar-refractivity contribution in [3.63, 3.8) is 0 Å². The van der Waals surface area contributed by atoms with Gasteiger partial charge in [0.05, 0.1) is 6.10 Å². The molecule has 1 aliphatic heterocycles. The number of halogens is 1. The van der Waals surface area contributed by atoms with Gasteiger partial charge < -0.3 is 10.1 Å². The number of hydrogen-bond acceptors (Lipinski definition) is 3. The van der Waals surface area contributed by atoms with Gasteiger partial charge in [-0.1, -0.05) is 13.0 Å². The molecule has 1 heterocycles. The second kappa shape index (κ2) is 7.67. The molecule has 0 aromatic heterocycles. The van der Waals surface area contributed by atoms with Gasteiger partial charge in [-0.05, 0) is 59.9 Å². The van der Waals surface area contributed by atoms with E-state index in [-0.39, 0.29) is 0 Å². The largest absolute Gasteiger partial charge is 0.377 e. The Morgan fingerprint density at radius 1 is 1.47 bits per heavy atom. The number of hydrogen-bond donors (Lipinski definition) is 1. The fourth-order valence-corrected chi connectivity index (χ4v) is 4.02. The van der Waals surface area contributed by atoms with Crippen LogP contribution in [0.4, 0.5) is 0 Å². The topological polar surface area (TPSA) is 21.3 Å². The number of nitrogens with one attached hydrogen (secondary N) is 1. The molecule has 2 nitrogen and oxygen atoms in total. The predicted molar refractivity (Wildman–Crippen MR) is 85.8 cm³/mol. The summed E-state index contributed by atoms with van der Waals surface area (Å²) in [5.74, 6) is 0. The lowest BCUT2D eigenvalue weighted by atomic mass is 10.2. The molecule has 1 fully saturated rings. The van der Waals surface area contributed by atoms with Crippen LogP contribution in [0.1, 0.15) is 32.3 Å². The van der Waals surface area contributed by atoms with Crippen LogP contribution in [0.5, 0.6) is 0 Å². The van der Waals surface area contributed by atoms with Crippen LogP contribution >= 0.6 is 27.7 Å². The highest BCUT2D eigenvalue weighted by molar-refractivity contribution is 9.10. The number of benzene rings is 1. The van der Waals surface area contributed by atoms with E-state index < -0.39 is 0 Å². The highest BCUT2D eigenvalue weighted by atomic mass is 79.9. The molecule has 1 aromatic rings. The summed E-state index contributed by atoms with van der Waals surface area (Å²) in [6.45, 7) is 7.27. The van der Waals surface area contributed by atoms with Crippen molar-refractivity contribution >= 4 is 27.7 Å². The van der Waals surface area contributed by atoms with Crippen LogP contribution in [0, 0.1) is 0 Å². The van der Waals surface area contributed by atoms with Crippen LogP contribution in [0.15, 0.2) is 27.6 Å². The first-order chi connectivity index (χ1) is 9.20. The Labute approximate surface area is 128 Å². The number of ether oxygens (including phenoxy) is 1. The highest BCUT2D eigenvalue weighted by Gasteiger charge is 2.25. The van der Waals surface area contributed by atoms with Gasteiger partial charge in [0.2, 0.25) is 0 Å². The maximum Gasteiger partial charge on any atom is 0.0669 e. The highest BCUT2D eigenvalue weighted by Crippen LogP contribution is 2.36. The average Bonchev–Trinajstić information content (AvgIpc) is 2.79. The summed E-state index contributed by atoms with van der Waals surface area (Å²) in [6, 6.07) is 6.67. The van der Waals surface area contributed by atoms with E-state index in [1.54, 1.807) is 0 Å². The van der Waals surface area contributed by atoms with Gasteiger partial charge in [0.1, 0.15) is 0 Å². The number of rotatable bonds is 6. The first-order valence-electron chi connectivity index (χ1n) is 6.98. The molecule has 2 rings (SSSR count). The fourth-order valence-electron chi connectivity index (χ4n) is 2.19. The van der Waals surface area contributed by atoms with Gasteiger partial charge in [-0.25, -0.2) is 0 Å². The van der Waals surface area contributed by atoms with Gasteiger partial charge in [0.25, 0.3) is 0 Å². The summed E-state index contributed by atoms with van der Waals surface area (Å²) < 4.78 is 6.82. The third kappa shape index (κ3) is 4.48. The lowest BCUT2D eigenvalue weighted by Gasteiger charge is -2.15. The summed E-state index contributed by atoms with van der Waals surface area (Å²) in [7, 11) is 0. The minimum Gasteiger partial charge on any atom is -0.377 e. The van der Waals surface area contributed by atoms with Crippen LogP contribution in [0.25, 0.3) is 0 Å². The Hall–Kier alpha value is -0.0300. The van der Waals surface area contributed by atoms with Crippen molar-refractivity contribution in [1.82, 2.24) is 5.32 Å². The van der Waals surface area contributed by atoms with Crippen LogP contribution in [0.2, 0.25) is 0 Å². The number of thioether (sulfide) groups is 1. The summed E-state index contributed by atoms with van der Waals surface area (Å²) >= 11 is 5.62. The zero-order valence-corrected chi connectivity index (χ0v) is 14.0. The molecule has 0 spiro atoms. The molecule has 2 unspecified atom stereocenters. The van der Waals surface area contributed by atoms with E-state index in [0.29, 0.717) is 11.4 Å². The molecule has 106 valence electrons. The van der Waals surface area contributed by atoms with Gasteiger partial charge in [0, 0.05) is 27.8 Å². The Balaban J connectivity index is 1.94. The third-order valence-electron chi connectivity index (χ3n) is 3.34. The lowest BCUT2D eigenvalue weighted by molar-refractivity contribution is 0.127. The molecule has 0 aliphatic carbocycles. The molecule has 0 bridgehead atoms. The van der Waals surface area contributed by atoms with E-state index in [0.717, 1.165) is 26.1 Å². The van der Waals surface area contributed by atoms with Crippen molar-refractivity contribution in [1.29, 1.82) is 0 Å². The Morgan fingerprint density at radius 3 is 2.95 bits per heavy atom. The van der Waals surface area contributed by atoms with E-state index in [9.17, 15) is 0 Å². The first kappa shape index (κ1) is 15.4. The minimum absolute atomic E-state index is 0.364. The SMILES string of the molecule is CCCNCc1ccc(SC2CCOC2C)c(Br)c1. The molecule has 0 radical (unpaired) electrons. The van der Waals surface area contributed by atoms with Crippen LogP contribution in [0.3, 0.4) is 0 Å². The maximum absolute atomic E-state index is 5.62. The summed E-state index contributed by atoms with van der Waals surface area (Å²) in [6.07, 6.45) is 2.69. The molecule has 1 saturated heterocycles. The monoisotopic (exact) mass is 343 g/mol. The quantitative estimate of drug-likeness (QED) is 0.781. The van der Waals surface area contributed by atoms with Gasteiger partial charge in [-0.15, -0.1) is 11.8 Å². The molecule has 2 atom stereocenters. The van der Waals surface area contributed by atoms with Crippen molar-refractivity contribution in [3.05, 3.63) is 28.2 Å². The van der Waals surface area contributed by atoms with E-state index in [4.69, 9.17) is 4.74 Å². The second-order valence-corrected chi connectivity index (χ2v) is 7.10. The van der Waals surface area contributed by atoms with Crippen molar-refractivity contribution in [2.45, 2.75) is 49.5 Å². The van der Waals surface area contributed by atoms with Crippen molar-refractivity contribution in [3.8, 4) is 0 Å². The van der Waals surface area contributed by atoms with E-state index >= 15 is 0 Å². The predicted octanol–water partition coefficient (Wildman–Crippen LogP) is 4.22. The van der Waals surface area contributed by atoms with Gasteiger partial charge in [-0.2, -0.15) is 0 Å². The molecular weight excluding hydrogens is 322 g/mol. The van der Waals surface area contributed by atoms with E-state index in [1.807, 2.05) is 11.8 Å². The normalized spacial score (nSPS) is 22.9. The second-order valence-electron chi connectivity index (χ2n) is 4.96. The smallest absolute Gasteiger partial charge is 0.0669 e. The van der Waals surface area contributed by atoms with Crippen LogP contribution in [-0.4, -0.2) is 24.5 Å². The minimum atomic E-state index is 0.364. The molecule has 1 N–H and O–H groups in total. The Morgan fingerprint density at radius 2 is 2.32 bits per heavy atom. The molecule has 1 aromatic carbocycles. The fraction of sp³-hybridized carbons (Fsp3) is 0.600. The van der Waals surface area contributed by atoms with Gasteiger partial charge in [-0.3, -0.25) is 0 Å². The Bertz CT molecular complexity index is 413. The first-order valence-corrected chi connectivity index (χ1v) is 8.65. The zero-order valence-electron chi connectivity index (χ0n) is 11.6. The molecule has 0 amide bonds. The average molecular weight is 344 g/mol. The van der Waals surface area contributed by atoms with Crippen molar-refractivity contribution in [2.24, 2.45) is 0 Å². The van der Waals surface area contributed by atoms with Crippen LogP contribution in [-0.2, 0) is 11.3 Å². The molecule has 4 heteroatoms. The van der Waals surface area contributed by atoms with Gasteiger partial charge >= 0.3 is 0 Å². The Kier molecular flexibility index (Phi) is 6.20. The lowest BCUT2D eigenvalue weighted by Crippen LogP contribution is -2.14. The molecular formula is C15H22BrNOS. The third-order valence-corrected chi connectivity index (χ3v) is 5.79. The molecule has 19 heavy (non-hydrogen) atoms. The van der Waals surface area contributed by atoms with Crippen LogP contribution < -0.4 is 5.32 Å².